The molecule has 7 heteroatoms. The van der Waals surface area contributed by atoms with Gasteiger partial charge in [0.1, 0.15) is 6.61 Å². The molecule has 2 aromatic heterocycles. The Kier molecular flexibility index (Phi) is 6.03. The Morgan fingerprint density at radius 1 is 1.07 bits per heavy atom. The monoisotopic (exact) mass is 576 g/mol. The van der Waals surface area contributed by atoms with Gasteiger partial charge in [-0.05, 0) is 103 Å². The number of hydrogen-bond donors (Lipinski definition) is 1. The highest BCUT2D eigenvalue weighted by Crippen LogP contribution is 2.66. The van der Waals surface area contributed by atoms with Crippen LogP contribution in [0.15, 0.2) is 66.4 Å². The summed E-state index contributed by atoms with van der Waals surface area (Å²) in [7, 11) is 1.92. The molecule has 8 rings (SSSR count). The molecule has 43 heavy (non-hydrogen) atoms. The molecule has 3 saturated carbocycles. The highest BCUT2D eigenvalue weighted by Gasteiger charge is 2.63. The van der Waals surface area contributed by atoms with Crippen molar-refractivity contribution in [1.82, 2.24) is 19.3 Å². The van der Waals surface area contributed by atoms with Crippen LogP contribution < -0.4 is 4.74 Å². The number of hydrogen-bond acceptors (Lipinski definition) is 5. The molecule has 1 N–H and O–H groups in total. The predicted molar refractivity (Wildman–Crippen MR) is 166 cm³/mol. The van der Waals surface area contributed by atoms with E-state index in [4.69, 9.17) is 9.84 Å². The fraction of sp³-hybridized carbons (Fsp3) is 0.472. The third kappa shape index (κ3) is 3.93. The Balaban J connectivity index is 1.03. The van der Waals surface area contributed by atoms with E-state index in [1.165, 1.54) is 16.8 Å². The van der Waals surface area contributed by atoms with Crippen LogP contribution in [0.5, 0.6) is 6.01 Å². The van der Waals surface area contributed by atoms with Crippen molar-refractivity contribution in [1.29, 1.82) is 0 Å². The lowest BCUT2D eigenvalue weighted by molar-refractivity contribution is -0.143. The van der Waals surface area contributed by atoms with Gasteiger partial charge in [0.25, 0.3) is 6.01 Å². The van der Waals surface area contributed by atoms with Gasteiger partial charge in [-0.25, -0.2) is 4.68 Å². The number of aliphatic hydroxyl groups is 1. The van der Waals surface area contributed by atoms with Crippen molar-refractivity contribution >= 4 is 22.9 Å². The third-order valence-electron chi connectivity index (χ3n) is 11.9. The summed E-state index contributed by atoms with van der Waals surface area (Å²) in [6, 6.07) is 18.7. The minimum absolute atomic E-state index is 0.0209. The van der Waals surface area contributed by atoms with Crippen molar-refractivity contribution in [2.24, 2.45) is 41.5 Å². The zero-order valence-electron chi connectivity index (χ0n) is 25.2. The van der Waals surface area contributed by atoms with Crippen LogP contribution >= 0.6 is 0 Å². The van der Waals surface area contributed by atoms with Crippen molar-refractivity contribution in [2.75, 3.05) is 6.61 Å². The number of imidazole rings is 1. The number of aromatic nitrogens is 4. The van der Waals surface area contributed by atoms with Gasteiger partial charge >= 0.3 is 0 Å². The molecule has 0 saturated heterocycles. The number of ether oxygens (including phenoxy) is 1. The molecule has 0 radical (unpaired) electrons. The number of Topliss-reactive ketones (excluding diaryl/α,β-unsaturated/α-hetero) is 1. The quantitative estimate of drug-likeness (QED) is 0.307. The van der Waals surface area contributed by atoms with Gasteiger partial charge in [0.15, 0.2) is 5.78 Å². The summed E-state index contributed by atoms with van der Waals surface area (Å²) in [6.07, 6.45) is 9.53. The van der Waals surface area contributed by atoms with Crippen LogP contribution in [0.4, 0.5) is 0 Å². The Hall–Kier alpha value is -3.71. The molecule has 4 aliphatic carbocycles. The van der Waals surface area contributed by atoms with E-state index in [0.717, 1.165) is 48.8 Å². The van der Waals surface area contributed by atoms with Gasteiger partial charge in [0, 0.05) is 13.0 Å². The number of aliphatic hydroxyl groups excluding tert-OH is 1. The zero-order valence-corrected chi connectivity index (χ0v) is 25.2. The van der Waals surface area contributed by atoms with Crippen molar-refractivity contribution in [3.8, 4) is 11.7 Å². The van der Waals surface area contributed by atoms with Crippen LogP contribution in [0.2, 0.25) is 0 Å². The maximum atomic E-state index is 13.8. The van der Waals surface area contributed by atoms with Crippen LogP contribution in [-0.4, -0.2) is 42.9 Å². The second-order valence-electron chi connectivity index (χ2n) is 14.0. The molecule has 7 atom stereocenters. The molecule has 7 nitrogen and oxygen atoms in total. The van der Waals surface area contributed by atoms with Crippen molar-refractivity contribution in [3.63, 3.8) is 0 Å². The predicted octanol–water partition coefficient (Wildman–Crippen LogP) is 6.18. The topological polar surface area (TPSA) is 82.2 Å². The van der Waals surface area contributed by atoms with Gasteiger partial charge in [0.2, 0.25) is 0 Å². The van der Waals surface area contributed by atoms with E-state index >= 15 is 0 Å². The molecular formula is C36H40N4O3. The Morgan fingerprint density at radius 3 is 2.67 bits per heavy atom. The SMILES string of the molecule is Cn1c(OCC(=O)C2CCC3C4CCC5=Cc6c(cnn6-c6ccccc6)CC5(C)C4C(O)CC23C)nc2ccccc21. The molecule has 4 aliphatic rings. The minimum atomic E-state index is -0.445. The van der Waals surface area contributed by atoms with E-state index in [1.54, 1.807) is 0 Å². The summed E-state index contributed by atoms with van der Waals surface area (Å²) in [4.78, 5) is 18.4. The Labute approximate surface area is 252 Å². The standard InChI is InChI=1S/C36H40N4O3/c1-35-18-22-20-37-40(24-9-5-4-6-10-24)30(22)17-23(35)13-14-25-26-15-16-27(36(26,2)19-31(41)33(25)35)32(42)21-43-34-38-28-11-7-8-12-29(28)39(34)3/h4-12,17,20,25-27,31,33,41H,13-16,18-19,21H2,1-3H3. The van der Waals surface area contributed by atoms with E-state index in [0.29, 0.717) is 24.3 Å². The molecule has 0 aliphatic heterocycles. The van der Waals surface area contributed by atoms with Crippen LogP contribution in [0.3, 0.4) is 0 Å². The second kappa shape index (κ2) is 9.65. The van der Waals surface area contributed by atoms with E-state index in [1.807, 2.05) is 48.1 Å². The number of rotatable bonds is 5. The molecule has 7 unspecified atom stereocenters. The summed E-state index contributed by atoms with van der Waals surface area (Å²) >= 11 is 0. The fourth-order valence-corrected chi connectivity index (χ4v) is 9.98. The average molecular weight is 577 g/mol. The molecule has 0 spiro atoms. The number of benzene rings is 2. The number of para-hydroxylation sites is 3. The van der Waals surface area contributed by atoms with Crippen molar-refractivity contribution in [3.05, 3.63) is 77.6 Å². The number of nitrogens with zero attached hydrogens (tertiary/aromatic N) is 4. The van der Waals surface area contributed by atoms with Gasteiger partial charge in [-0.2, -0.15) is 10.1 Å². The number of carbonyl (C=O) groups excluding carboxylic acids is 1. The van der Waals surface area contributed by atoms with Gasteiger partial charge < -0.3 is 9.84 Å². The molecule has 0 amide bonds. The highest BCUT2D eigenvalue weighted by atomic mass is 16.5. The van der Waals surface area contributed by atoms with Crippen LogP contribution in [0.1, 0.15) is 57.2 Å². The zero-order chi connectivity index (χ0) is 29.5. The molecule has 222 valence electrons. The smallest absolute Gasteiger partial charge is 0.297 e. The van der Waals surface area contributed by atoms with Gasteiger partial charge in [-0.3, -0.25) is 9.36 Å². The summed E-state index contributed by atoms with van der Waals surface area (Å²) < 4.78 is 10.00. The van der Waals surface area contributed by atoms with Crippen LogP contribution in [0, 0.1) is 34.5 Å². The maximum absolute atomic E-state index is 13.8. The first-order valence-corrected chi connectivity index (χ1v) is 15.9. The lowest BCUT2D eigenvalue weighted by Crippen LogP contribution is -2.57. The summed E-state index contributed by atoms with van der Waals surface area (Å²) in [5, 5.41) is 16.8. The Bertz CT molecular complexity index is 1750. The van der Waals surface area contributed by atoms with Gasteiger partial charge in [-0.1, -0.05) is 49.8 Å². The van der Waals surface area contributed by atoms with Crippen molar-refractivity contribution < 1.29 is 14.6 Å². The molecule has 2 heterocycles. The van der Waals surface area contributed by atoms with Crippen LogP contribution in [-0.2, 0) is 18.3 Å². The summed E-state index contributed by atoms with van der Waals surface area (Å²) in [6.45, 7) is 4.68. The molecular weight excluding hydrogens is 536 g/mol. The van der Waals surface area contributed by atoms with Crippen LogP contribution in [0.25, 0.3) is 22.8 Å². The number of allylic oxidation sites excluding steroid dienone is 1. The number of ketones is 1. The van der Waals surface area contributed by atoms with E-state index in [-0.39, 0.29) is 35.1 Å². The largest absolute Gasteiger partial charge is 0.457 e. The van der Waals surface area contributed by atoms with Gasteiger partial charge in [-0.15, -0.1) is 0 Å². The first-order chi connectivity index (χ1) is 20.8. The number of aryl methyl sites for hydroxylation is 1. The fourth-order valence-electron chi connectivity index (χ4n) is 9.98. The first kappa shape index (κ1) is 26.9. The first-order valence-electron chi connectivity index (χ1n) is 15.9. The van der Waals surface area contributed by atoms with E-state index in [2.05, 4.69) is 53.9 Å². The maximum Gasteiger partial charge on any atom is 0.297 e. The summed E-state index contributed by atoms with van der Waals surface area (Å²) in [5.41, 5.74) is 6.49. The van der Waals surface area contributed by atoms with Crippen molar-refractivity contribution in [2.45, 2.75) is 58.5 Å². The highest BCUT2D eigenvalue weighted by molar-refractivity contribution is 5.84. The third-order valence-corrected chi connectivity index (χ3v) is 11.9. The average Bonchev–Trinajstić information content (AvgIpc) is 3.67. The molecule has 4 aromatic rings. The Morgan fingerprint density at radius 2 is 1.86 bits per heavy atom. The molecule has 3 fully saturated rings. The molecule has 0 bridgehead atoms. The lowest BCUT2D eigenvalue weighted by Gasteiger charge is -2.59. The minimum Gasteiger partial charge on any atom is -0.457 e. The van der Waals surface area contributed by atoms with E-state index in [9.17, 15) is 9.90 Å². The molecule has 2 aromatic carbocycles. The normalized spacial score (nSPS) is 32.8. The van der Waals surface area contributed by atoms with E-state index < -0.39 is 6.10 Å². The number of fused-ring (bicyclic) bond motifs is 7. The number of carbonyl (C=O) groups is 1. The summed E-state index contributed by atoms with van der Waals surface area (Å²) in [5.74, 6) is 1.05. The van der Waals surface area contributed by atoms with Gasteiger partial charge in [0.05, 0.1) is 34.7 Å². The second-order valence-corrected chi connectivity index (χ2v) is 14.0. The lowest BCUT2D eigenvalue weighted by atomic mass is 9.46.